The number of aryl methyl sites for hydroxylation is 1. The van der Waals surface area contributed by atoms with Crippen LogP contribution in [0.25, 0.3) is 0 Å². The SMILES string of the molecule is CCCn1ncnc1CC(CC)(CC)CN. The van der Waals surface area contributed by atoms with Crippen molar-refractivity contribution in [1.82, 2.24) is 14.8 Å². The van der Waals surface area contributed by atoms with Gasteiger partial charge in [-0.3, -0.25) is 4.68 Å². The van der Waals surface area contributed by atoms with Crippen LogP contribution in [0.1, 0.15) is 45.9 Å². The molecule has 0 aliphatic carbocycles. The molecule has 2 N–H and O–H groups in total. The number of rotatable bonds is 7. The molecule has 1 aromatic heterocycles. The highest BCUT2D eigenvalue weighted by molar-refractivity contribution is 4.94. The van der Waals surface area contributed by atoms with Gasteiger partial charge in [0.1, 0.15) is 12.2 Å². The lowest BCUT2D eigenvalue weighted by molar-refractivity contribution is 0.260. The highest BCUT2D eigenvalue weighted by atomic mass is 15.3. The first-order valence-corrected chi connectivity index (χ1v) is 6.28. The molecule has 0 aliphatic heterocycles. The predicted octanol–water partition coefficient (Wildman–Crippen LogP) is 2.00. The largest absolute Gasteiger partial charge is 0.330 e. The molecule has 0 aliphatic rings. The molecule has 0 aromatic carbocycles. The van der Waals surface area contributed by atoms with Crippen molar-refractivity contribution in [3.8, 4) is 0 Å². The lowest BCUT2D eigenvalue weighted by Crippen LogP contribution is -2.32. The van der Waals surface area contributed by atoms with E-state index in [1.165, 1.54) is 0 Å². The molecule has 4 heteroatoms. The van der Waals surface area contributed by atoms with Crippen LogP contribution in [0.2, 0.25) is 0 Å². The molecule has 0 radical (unpaired) electrons. The summed E-state index contributed by atoms with van der Waals surface area (Å²) in [6.45, 7) is 8.23. The molecule has 0 saturated heterocycles. The van der Waals surface area contributed by atoms with E-state index in [1.807, 2.05) is 4.68 Å². The average molecular weight is 224 g/mol. The van der Waals surface area contributed by atoms with Crippen LogP contribution in [-0.2, 0) is 13.0 Å². The van der Waals surface area contributed by atoms with Gasteiger partial charge in [-0.05, 0) is 31.2 Å². The Morgan fingerprint density at radius 1 is 1.31 bits per heavy atom. The maximum atomic E-state index is 5.91. The van der Waals surface area contributed by atoms with Gasteiger partial charge in [0, 0.05) is 13.0 Å². The molecule has 16 heavy (non-hydrogen) atoms. The Labute approximate surface area is 98.2 Å². The second kappa shape index (κ2) is 5.99. The minimum Gasteiger partial charge on any atom is -0.330 e. The summed E-state index contributed by atoms with van der Waals surface area (Å²) in [5.41, 5.74) is 6.10. The summed E-state index contributed by atoms with van der Waals surface area (Å²) in [6, 6.07) is 0. The third-order valence-electron chi connectivity index (χ3n) is 3.60. The maximum Gasteiger partial charge on any atom is 0.138 e. The van der Waals surface area contributed by atoms with Gasteiger partial charge < -0.3 is 5.73 Å². The summed E-state index contributed by atoms with van der Waals surface area (Å²) in [4.78, 5) is 4.36. The quantitative estimate of drug-likeness (QED) is 0.770. The summed E-state index contributed by atoms with van der Waals surface area (Å²) < 4.78 is 2.01. The van der Waals surface area contributed by atoms with Crippen molar-refractivity contribution in [2.45, 2.75) is 53.0 Å². The van der Waals surface area contributed by atoms with Gasteiger partial charge in [0.2, 0.25) is 0 Å². The van der Waals surface area contributed by atoms with Gasteiger partial charge in [0.25, 0.3) is 0 Å². The van der Waals surface area contributed by atoms with Gasteiger partial charge in [0.15, 0.2) is 0 Å². The molecular weight excluding hydrogens is 200 g/mol. The van der Waals surface area contributed by atoms with Gasteiger partial charge in [-0.15, -0.1) is 0 Å². The molecule has 0 fully saturated rings. The van der Waals surface area contributed by atoms with Crippen molar-refractivity contribution in [3.05, 3.63) is 12.2 Å². The van der Waals surface area contributed by atoms with Crippen molar-refractivity contribution in [2.24, 2.45) is 11.1 Å². The van der Waals surface area contributed by atoms with E-state index in [1.54, 1.807) is 6.33 Å². The highest BCUT2D eigenvalue weighted by Crippen LogP contribution is 2.28. The first-order chi connectivity index (χ1) is 7.71. The fourth-order valence-corrected chi connectivity index (χ4v) is 2.02. The smallest absolute Gasteiger partial charge is 0.138 e. The number of aromatic nitrogens is 3. The Kier molecular flexibility index (Phi) is 4.93. The van der Waals surface area contributed by atoms with Gasteiger partial charge in [-0.25, -0.2) is 4.98 Å². The van der Waals surface area contributed by atoms with Gasteiger partial charge in [0.05, 0.1) is 0 Å². The second-order valence-electron chi connectivity index (χ2n) is 4.49. The Hall–Kier alpha value is -0.900. The van der Waals surface area contributed by atoms with Crippen LogP contribution in [0.5, 0.6) is 0 Å². The molecule has 0 saturated carbocycles. The molecule has 1 rings (SSSR count). The van der Waals surface area contributed by atoms with Crippen molar-refractivity contribution in [2.75, 3.05) is 6.54 Å². The maximum absolute atomic E-state index is 5.91. The highest BCUT2D eigenvalue weighted by Gasteiger charge is 2.26. The first kappa shape index (κ1) is 13.2. The Balaban J connectivity index is 2.80. The third kappa shape index (κ3) is 2.82. The standard InChI is InChI=1S/C12H24N4/c1-4-7-16-11(14-10-15-16)8-12(5-2,6-3)9-13/h10H,4-9,13H2,1-3H3. The minimum absolute atomic E-state index is 0.193. The molecule has 0 atom stereocenters. The number of nitrogens with two attached hydrogens (primary N) is 1. The molecule has 1 aromatic rings. The molecule has 0 unspecified atom stereocenters. The van der Waals surface area contributed by atoms with Crippen LogP contribution in [0, 0.1) is 5.41 Å². The van der Waals surface area contributed by atoms with Crippen LogP contribution < -0.4 is 5.73 Å². The predicted molar refractivity (Wildman–Crippen MR) is 66.1 cm³/mol. The summed E-state index contributed by atoms with van der Waals surface area (Å²) in [5, 5.41) is 4.26. The molecule has 1 heterocycles. The van der Waals surface area contributed by atoms with E-state index in [2.05, 4.69) is 30.9 Å². The van der Waals surface area contributed by atoms with E-state index in [0.717, 1.165) is 44.6 Å². The summed E-state index contributed by atoms with van der Waals surface area (Å²) in [7, 11) is 0. The lowest BCUT2D eigenvalue weighted by Gasteiger charge is -2.29. The first-order valence-electron chi connectivity index (χ1n) is 6.28. The van der Waals surface area contributed by atoms with Gasteiger partial charge in [-0.1, -0.05) is 20.8 Å². The van der Waals surface area contributed by atoms with E-state index >= 15 is 0 Å². The van der Waals surface area contributed by atoms with Crippen LogP contribution >= 0.6 is 0 Å². The van der Waals surface area contributed by atoms with Gasteiger partial charge >= 0.3 is 0 Å². The van der Waals surface area contributed by atoms with Crippen molar-refractivity contribution < 1.29 is 0 Å². The van der Waals surface area contributed by atoms with Gasteiger partial charge in [-0.2, -0.15) is 5.10 Å². The van der Waals surface area contributed by atoms with E-state index in [0.29, 0.717) is 0 Å². The lowest BCUT2D eigenvalue weighted by atomic mass is 9.79. The van der Waals surface area contributed by atoms with Crippen LogP contribution in [0.15, 0.2) is 6.33 Å². The molecule has 0 amide bonds. The zero-order valence-electron chi connectivity index (χ0n) is 10.7. The minimum atomic E-state index is 0.193. The number of nitrogens with zero attached hydrogens (tertiary/aromatic N) is 3. The summed E-state index contributed by atoms with van der Waals surface area (Å²) in [6.07, 6.45) is 5.87. The second-order valence-corrected chi connectivity index (χ2v) is 4.49. The van der Waals surface area contributed by atoms with Crippen molar-refractivity contribution in [3.63, 3.8) is 0 Å². The van der Waals surface area contributed by atoms with Crippen molar-refractivity contribution in [1.29, 1.82) is 0 Å². The summed E-state index contributed by atoms with van der Waals surface area (Å²) >= 11 is 0. The molecule has 0 bridgehead atoms. The fraction of sp³-hybridized carbons (Fsp3) is 0.833. The van der Waals surface area contributed by atoms with E-state index in [9.17, 15) is 0 Å². The number of hydrogen-bond acceptors (Lipinski definition) is 3. The van der Waals surface area contributed by atoms with Crippen LogP contribution in [0.4, 0.5) is 0 Å². The van der Waals surface area contributed by atoms with Crippen molar-refractivity contribution >= 4 is 0 Å². The fourth-order valence-electron chi connectivity index (χ4n) is 2.02. The van der Waals surface area contributed by atoms with Crippen LogP contribution in [-0.4, -0.2) is 21.3 Å². The monoisotopic (exact) mass is 224 g/mol. The third-order valence-corrected chi connectivity index (χ3v) is 3.60. The van der Waals surface area contributed by atoms with Crippen LogP contribution in [0.3, 0.4) is 0 Å². The van der Waals surface area contributed by atoms with E-state index < -0.39 is 0 Å². The molecule has 4 nitrogen and oxygen atoms in total. The van der Waals surface area contributed by atoms with E-state index in [4.69, 9.17) is 5.73 Å². The zero-order valence-corrected chi connectivity index (χ0v) is 10.7. The Morgan fingerprint density at radius 2 is 2.00 bits per heavy atom. The summed E-state index contributed by atoms with van der Waals surface area (Å²) in [5.74, 6) is 1.08. The average Bonchev–Trinajstić information content (AvgIpc) is 2.74. The zero-order chi connectivity index (χ0) is 12.0. The van der Waals surface area contributed by atoms with E-state index in [-0.39, 0.29) is 5.41 Å². The Morgan fingerprint density at radius 3 is 2.50 bits per heavy atom. The topological polar surface area (TPSA) is 56.7 Å². The number of hydrogen-bond donors (Lipinski definition) is 1. The molecule has 92 valence electrons. The molecular formula is C12H24N4. The molecule has 0 spiro atoms. The normalized spacial score (nSPS) is 12.0. The Bertz CT molecular complexity index is 293.